The molecule has 0 atom stereocenters. The summed E-state index contributed by atoms with van der Waals surface area (Å²) in [4.78, 5) is 25.5. The molecule has 0 saturated heterocycles. The molecule has 120 valence electrons. The molecule has 23 heavy (non-hydrogen) atoms. The molecule has 2 rings (SSSR count). The molecule has 2 amide bonds. The summed E-state index contributed by atoms with van der Waals surface area (Å²) in [6.07, 6.45) is 0. The fraction of sp³-hybridized carbons (Fsp3) is 0.222. The summed E-state index contributed by atoms with van der Waals surface area (Å²) in [7, 11) is 3.42. The average Bonchev–Trinajstić information content (AvgIpc) is 2.54. The van der Waals surface area contributed by atoms with E-state index >= 15 is 0 Å². The molecule has 5 heteroatoms. The van der Waals surface area contributed by atoms with Gasteiger partial charge in [-0.05, 0) is 36.8 Å². The second-order valence-electron chi connectivity index (χ2n) is 5.49. The summed E-state index contributed by atoms with van der Waals surface area (Å²) in [6, 6.07) is 14.7. The summed E-state index contributed by atoms with van der Waals surface area (Å²) < 4.78 is 0. The number of nitrogens with one attached hydrogen (secondary N) is 2. The second-order valence-corrected chi connectivity index (χ2v) is 5.49. The van der Waals surface area contributed by atoms with Crippen molar-refractivity contribution in [2.75, 3.05) is 31.3 Å². The number of likely N-dealkylation sites (N-methyl/N-ethyl adjacent to an activating group) is 1. The van der Waals surface area contributed by atoms with E-state index in [1.54, 1.807) is 26.2 Å². The monoisotopic (exact) mass is 311 g/mol. The van der Waals surface area contributed by atoms with Crippen LogP contribution < -0.4 is 10.6 Å². The Morgan fingerprint density at radius 1 is 1.04 bits per heavy atom. The van der Waals surface area contributed by atoms with Gasteiger partial charge in [-0.2, -0.15) is 0 Å². The second kappa shape index (κ2) is 7.45. The molecule has 0 aliphatic rings. The van der Waals surface area contributed by atoms with Crippen LogP contribution >= 0.6 is 0 Å². The van der Waals surface area contributed by atoms with Crippen LogP contribution in [0.15, 0.2) is 48.5 Å². The highest BCUT2D eigenvalue weighted by atomic mass is 16.2. The van der Waals surface area contributed by atoms with Gasteiger partial charge < -0.3 is 15.5 Å². The van der Waals surface area contributed by atoms with Crippen molar-refractivity contribution < 1.29 is 9.59 Å². The van der Waals surface area contributed by atoms with E-state index < -0.39 is 0 Å². The molecular formula is C18H21N3O2. The predicted molar refractivity (Wildman–Crippen MR) is 92.8 cm³/mol. The van der Waals surface area contributed by atoms with Crippen molar-refractivity contribution in [3.8, 4) is 0 Å². The van der Waals surface area contributed by atoms with Crippen LogP contribution in [0.4, 0.5) is 11.4 Å². The van der Waals surface area contributed by atoms with E-state index in [0.29, 0.717) is 5.56 Å². The Hall–Kier alpha value is -2.82. The number of hydrogen-bond acceptors (Lipinski definition) is 3. The Balaban J connectivity index is 2.10. The first kappa shape index (κ1) is 16.5. The predicted octanol–water partition coefficient (Wildman–Crippen LogP) is 2.75. The molecular weight excluding hydrogens is 290 g/mol. The third-order valence-electron chi connectivity index (χ3n) is 3.46. The summed E-state index contributed by atoms with van der Waals surface area (Å²) in [5.41, 5.74) is 3.04. The van der Waals surface area contributed by atoms with Crippen molar-refractivity contribution in [2.24, 2.45) is 0 Å². The SMILES string of the molecule is Cc1ccc(C(=O)Nc2ccccc2)cc1NCC(=O)N(C)C. The lowest BCUT2D eigenvalue weighted by molar-refractivity contribution is -0.126. The van der Waals surface area contributed by atoms with Crippen LogP contribution in [0.1, 0.15) is 15.9 Å². The van der Waals surface area contributed by atoms with Gasteiger partial charge in [-0.25, -0.2) is 0 Å². The lowest BCUT2D eigenvalue weighted by Gasteiger charge is -2.14. The molecule has 5 nitrogen and oxygen atoms in total. The van der Waals surface area contributed by atoms with Gasteiger partial charge in [0, 0.05) is 31.0 Å². The number of para-hydroxylation sites is 1. The van der Waals surface area contributed by atoms with Gasteiger partial charge in [-0.1, -0.05) is 24.3 Å². The molecule has 0 heterocycles. The lowest BCUT2D eigenvalue weighted by Crippen LogP contribution is -2.28. The molecule has 0 bridgehead atoms. The molecule has 2 aromatic carbocycles. The molecule has 0 aliphatic carbocycles. The Labute approximate surface area is 136 Å². The highest BCUT2D eigenvalue weighted by molar-refractivity contribution is 6.05. The van der Waals surface area contributed by atoms with E-state index in [9.17, 15) is 9.59 Å². The Bertz CT molecular complexity index is 697. The van der Waals surface area contributed by atoms with E-state index in [1.807, 2.05) is 43.3 Å². The highest BCUT2D eigenvalue weighted by Crippen LogP contribution is 2.18. The average molecular weight is 311 g/mol. The Morgan fingerprint density at radius 2 is 1.74 bits per heavy atom. The van der Waals surface area contributed by atoms with E-state index in [1.165, 1.54) is 4.90 Å². The van der Waals surface area contributed by atoms with Gasteiger partial charge in [-0.15, -0.1) is 0 Å². The summed E-state index contributed by atoms with van der Waals surface area (Å²) in [5.74, 6) is -0.207. The highest BCUT2D eigenvalue weighted by Gasteiger charge is 2.10. The van der Waals surface area contributed by atoms with Gasteiger partial charge in [0.25, 0.3) is 5.91 Å². The van der Waals surface area contributed by atoms with E-state index in [-0.39, 0.29) is 18.4 Å². The Kier molecular flexibility index (Phi) is 5.36. The normalized spacial score (nSPS) is 10.0. The molecule has 0 fully saturated rings. The topological polar surface area (TPSA) is 61.4 Å². The number of anilines is 2. The molecule has 0 radical (unpaired) electrons. The third-order valence-corrected chi connectivity index (χ3v) is 3.46. The first-order valence-electron chi connectivity index (χ1n) is 7.38. The van der Waals surface area contributed by atoms with Crippen LogP contribution in [-0.2, 0) is 4.79 Å². The zero-order valence-electron chi connectivity index (χ0n) is 13.6. The zero-order chi connectivity index (χ0) is 16.8. The molecule has 0 aliphatic heterocycles. The van der Waals surface area contributed by atoms with Gasteiger partial charge in [0.15, 0.2) is 0 Å². The fourth-order valence-electron chi connectivity index (χ4n) is 2.01. The van der Waals surface area contributed by atoms with E-state index in [4.69, 9.17) is 0 Å². The minimum absolute atomic E-state index is 0.0245. The summed E-state index contributed by atoms with van der Waals surface area (Å²) in [5, 5.41) is 5.93. The molecule has 0 aromatic heterocycles. The standard InChI is InChI=1S/C18H21N3O2/c1-13-9-10-14(11-16(13)19-12-17(22)21(2)3)18(23)20-15-7-5-4-6-8-15/h4-11,19H,12H2,1-3H3,(H,20,23). The van der Waals surface area contributed by atoms with Crippen molar-refractivity contribution in [1.82, 2.24) is 4.90 Å². The number of aryl methyl sites for hydroxylation is 1. The molecule has 2 aromatic rings. The molecule has 0 unspecified atom stereocenters. The number of amides is 2. The number of carbonyl (C=O) groups is 2. The third kappa shape index (κ3) is 4.57. The maximum absolute atomic E-state index is 12.3. The van der Waals surface area contributed by atoms with Gasteiger partial charge in [0.05, 0.1) is 6.54 Å². The van der Waals surface area contributed by atoms with Gasteiger partial charge in [0.1, 0.15) is 0 Å². The minimum atomic E-state index is -0.182. The van der Waals surface area contributed by atoms with Crippen molar-refractivity contribution >= 4 is 23.2 Å². The first-order chi connectivity index (χ1) is 11.0. The van der Waals surface area contributed by atoms with Gasteiger partial charge >= 0.3 is 0 Å². The smallest absolute Gasteiger partial charge is 0.255 e. The number of rotatable bonds is 5. The van der Waals surface area contributed by atoms with Crippen molar-refractivity contribution in [2.45, 2.75) is 6.92 Å². The van der Waals surface area contributed by atoms with Crippen molar-refractivity contribution in [3.63, 3.8) is 0 Å². The number of nitrogens with zero attached hydrogens (tertiary/aromatic N) is 1. The van der Waals surface area contributed by atoms with E-state index in [0.717, 1.165) is 16.9 Å². The number of benzene rings is 2. The first-order valence-corrected chi connectivity index (χ1v) is 7.38. The maximum Gasteiger partial charge on any atom is 0.255 e. The summed E-state index contributed by atoms with van der Waals surface area (Å²) >= 11 is 0. The van der Waals surface area contributed by atoms with Crippen LogP contribution in [0, 0.1) is 6.92 Å². The minimum Gasteiger partial charge on any atom is -0.376 e. The van der Waals surface area contributed by atoms with Gasteiger partial charge in [-0.3, -0.25) is 9.59 Å². The van der Waals surface area contributed by atoms with E-state index in [2.05, 4.69) is 10.6 Å². The van der Waals surface area contributed by atoms with Crippen LogP contribution in [0.3, 0.4) is 0 Å². The number of hydrogen-bond donors (Lipinski definition) is 2. The Morgan fingerprint density at radius 3 is 2.39 bits per heavy atom. The molecule has 2 N–H and O–H groups in total. The van der Waals surface area contributed by atoms with Crippen molar-refractivity contribution in [3.05, 3.63) is 59.7 Å². The number of carbonyl (C=O) groups excluding carboxylic acids is 2. The maximum atomic E-state index is 12.3. The van der Waals surface area contributed by atoms with Crippen LogP contribution in [-0.4, -0.2) is 37.4 Å². The zero-order valence-corrected chi connectivity index (χ0v) is 13.6. The van der Waals surface area contributed by atoms with Crippen LogP contribution in [0.5, 0.6) is 0 Å². The molecule has 0 saturated carbocycles. The quantitative estimate of drug-likeness (QED) is 0.892. The summed E-state index contributed by atoms with van der Waals surface area (Å²) in [6.45, 7) is 2.12. The lowest BCUT2D eigenvalue weighted by atomic mass is 10.1. The largest absolute Gasteiger partial charge is 0.376 e. The van der Waals surface area contributed by atoms with Gasteiger partial charge in [0.2, 0.25) is 5.91 Å². The molecule has 0 spiro atoms. The van der Waals surface area contributed by atoms with Crippen LogP contribution in [0.25, 0.3) is 0 Å². The van der Waals surface area contributed by atoms with Crippen molar-refractivity contribution in [1.29, 1.82) is 0 Å². The van der Waals surface area contributed by atoms with Crippen LogP contribution in [0.2, 0.25) is 0 Å². The fourth-order valence-corrected chi connectivity index (χ4v) is 2.01.